The van der Waals surface area contributed by atoms with Crippen molar-refractivity contribution in [3.05, 3.63) is 81.8 Å². The number of hydrogen-bond acceptors (Lipinski definition) is 4. The first-order chi connectivity index (χ1) is 16.7. The Bertz CT molecular complexity index is 1490. The van der Waals surface area contributed by atoms with Gasteiger partial charge in [-0.05, 0) is 42.7 Å². The summed E-state index contributed by atoms with van der Waals surface area (Å²) in [5.74, 6) is -1.12. The quantitative estimate of drug-likeness (QED) is 0.440. The lowest BCUT2D eigenvalue weighted by molar-refractivity contribution is -0.123. The van der Waals surface area contributed by atoms with E-state index in [1.165, 1.54) is 22.8 Å². The Morgan fingerprint density at radius 2 is 1.83 bits per heavy atom. The van der Waals surface area contributed by atoms with Gasteiger partial charge in [-0.25, -0.2) is 4.52 Å². The number of halogens is 3. The van der Waals surface area contributed by atoms with E-state index in [0.29, 0.717) is 22.1 Å². The van der Waals surface area contributed by atoms with E-state index in [1.807, 2.05) is 5.32 Å². The molecule has 4 aromatic rings. The Morgan fingerprint density at radius 3 is 2.51 bits per heavy atom. The third kappa shape index (κ3) is 4.61. The molecule has 0 aliphatic heterocycles. The Hall–Kier alpha value is -4.15. The fourth-order valence-electron chi connectivity index (χ4n) is 3.98. The molecule has 0 radical (unpaired) electrons. The maximum Gasteiger partial charge on any atom is 0.405 e. The van der Waals surface area contributed by atoms with Crippen molar-refractivity contribution in [1.29, 1.82) is 0 Å². The van der Waals surface area contributed by atoms with Gasteiger partial charge in [-0.15, -0.1) is 0 Å². The number of alkyl halides is 3. The van der Waals surface area contributed by atoms with Crippen LogP contribution in [-0.2, 0) is 6.54 Å². The molecule has 2 aromatic heterocycles. The molecule has 0 spiro atoms. The number of H-pyrrole nitrogens is 1. The highest BCUT2D eigenvalue weighted by atomic mass is 19.4. The molecule has 1 fully saturated rings. The minimum Gasteiger partial charge on any atom is -0.343 e. The third-order valence-electron chi connectivity index (χ3n) is 5.88. The number of amides is 2. The summed E-state index contributed by atoms with van der Waals surface area (Å²) in [7, 11) is 0. The van der Waals surface area contributed by atoms with Gasteiger partial charge in [0.2, 0.25) is 0 Å². The van der Waals surface area contributed by atoms with Crippen LogP contribution >= 0.6 is 0 Å². The number of nitrogens with zero attached hydrogens (tertiary/aromatic N) is 3. The summed E-state index contributed by atoms with van der Waals surface area (Å²) in [6, 6.07) is 13.1. The fraction of sp³-hybridized carbons (Fsp3) is 0.250. The van der Waals surface area contributed by atoms with Crippen LogP contribution in [0, 0.1) is 0 Å². The molecular weight excluding hydrogens is 463 g/mol. The Balaban J connectivity index is 1.38. The maximum absolute atomic E-state index is 13.5. The molecule has 0 atom stereocenters. The number of benzene rings is 2. The first-order valence-electron chi connectivity index (χ1n) is 10.9. The number of aromatic amines is 1. The van der Waals surface area contributed by atoms with Crippen LogP contribution < -0.4 is 10.9 Å². The highest BCUT2D eigenvalue weighted by Crippen LogP contribution is 2.30. The lowest BCUT2D eigenvalue weighted by Crippen LogP contribution is -2.34. The third-order valence-corrected chi connectivity index (χ3v) is 5.88. The van der Waals surface area contributed by atoms with Crippen molar-refractivity contribution in [2.75, 3.05) is 6.54 Å². The van der Waals surface area contributed by atoms with Crippen molar-refractivity contribution in [2.24, 2.45) is 0 Å². The average molecular weight is 483 g/mol. The molecule has 2 heterocycles. The standard InChI is InChI=1S/C24H20F3N5O3/c25-24(26,27)13-28-21(33)15-7-5-14(6-8-15)12-31(16-9-10-16)23(35)18-11-29-32-19-4-2-1-3-17(19)22(34)30-20(18)32/h1-8,11,16H,9-10,12-13H2,(H,28,33)(H,30,34). The Kier molecular flexibility index (Phi) is 5.54. The van der Waals surface area contributed by atoms with Gasteiger partial charge in [0.25, 0.3) is 17.4 Å². The number of rotatable bonds is 6. The first-order valence-corrected chi connectivity index (χ1v) is 10.9. The van der Waals surface area contributed by atoms with E-state index in [0.717, 1.165) is 12.8 Å². The van der Waals surface area contributed by atoms with Gasteiger partial charge in [0.1, 0.15) is 17.8 Å². The lowest BCUT2D eigenvalue weighted by Gasteiger charge is -2.22. The van der Waals surface area contributed by atoms with Gasteiger partial charge < -0.3 is 15.2 Å². The van der Waals surface area contributed by atoms with E-state index >= 15 is 0 Å². The number of fused-ring (bicyclic) bond motifs is 3. The van der Waals surface area contributed by atoms with E-state index in [-0.39, 0.29) is 35.2 Å². The van der Waals surface area contributed by atoms with Crippen molar-refractivity contribution in [1.82, 2.24) is 24.8 Å². The zero-order chi connectivity index (χ0) is 24.7. The molecule has 1 aliphatic rings. The SMILES string of the molecule is O=C(NCC(F)(F)F)c1ccc(CN(C(=O)c2cnn3c2[nH]c(=O)c2ccccc23)C2CC2)cc1. The van der Waals surface area contributed by atoms with Crippen LogP contribution in [0.1, 0.15) is 39.1 Å². The summed E-state index contributed by atoms with van der Waals surface area (Å²) in [5.41, 5.74) is 1.65. The van der Waals surface area contributed by atoms with Crippen LogP contribution in [0.25, 0.3) is 16.6 Å². The van der Waals surface area contributed by atoms with Crippen LogP contribution in [0.4, 0.5) is 13.2 Å². The zero-order valence-corrected chi connectivity index (χ0v) is 18.3. The van der Waals surface area contributed by atoms with Gasteiger partial charge in [0.15, 0.2) is 0 Å². The number of carbonyl (C=O) groups excluding carboxylic acids is 2. The van der Waals surface area contributed by atoms with Crippen molar-refractivity contribution < 1.29 is 22.8 Å². The summed E-state index contributed by atoms with van der Waals surface area (Å²) in [5, 5.41) is 6.61. The van der Waals surface area contributed by atoms with Crippen LogP contribution in [0.15, 0.2) is 59.5 Å². The molecule has 180 valence electrons. The molecule has 11 heteroatoms. The number of aromatic nitrogens is 3. The van der Waals surface area contributed by atoms with Gasteiger partial charge in [-0.2, -0.15) is 18.3 Å². The molecule has 2 N–H and O–H groups in total. The second-order valence-corrected chi connectivity index (χ2v) is 8.45. The molecule has 2 amide bonds. The predicted octanol–water partition coefficient (Wildman–Crippen LogP) is 3.27. The highest BCUT2D eigenvalue weighted by Gasteiger charge is 2.34. The van der Waals surface area contributed by atoms with Crippen LogP contribution in [0.2, 0.25) is 0 Å². The minimum atomic E-state index is -4.49. The molecule has 1 saturated carbocycles. The minimum absolute atomic E-state index is 0.0272. The van der Waals surface area contributed by atoms with Crippen molar-refractivity contribution in [2.45, 2.75) is 31.6 Å². The van der Waals surface area contributed by atoms with E-state index in [4.69, 9.17) is 0 Å². The number of nitrogens with one attached hydrogen (secondary N) is 2. The normalized spacial score (nSPS) is 13.8. The topological polar surface area (TPSA) is 99.6 Å². The average Bonchev–Trinajstić information content (AvgIpc) is 3.59. The highest BCUT2D eigenvalue weighted by molar-refractivity contribution is 6.01. The lowest BCUT2D eigenvalue weighted by atomic mass is 10.1. The molecule has 0 bridgehead atoms. The second-order valence-electron chi connectivity index (χ2n) is 8.45. The molecule has 8 nitrogen and oxygen atoms in total. The predicted molar refractivity (Wildman–Crippen MR) is 121 cm³/mol. The molecule has 35 heavy (non-hydrogen) atoms. The fourth-order valence-corrected chi connectivity index (χ4v) is 3.98. The Morgan fingerprint density at radius 1 is 1.11 bits per heavy atom. The smallest absolute Gasteiger partial charge is 0.343 e. The van der Waals surface area contributed by atoms with Gasteiger partial charge in [-0.3, -0.25) is 14.4 Å². The van der Waals surface area contributed by atoms with Gasteiger partial charge >= 0.3 is 6.18 Å². The van der Waals surface area contributed by atoms with Crippen molar-refractivity contribution in [3.8, 4) is 0 Å². The number of para-hydroxylation sites is 1. The molecule has 5 rings (SSSR count). The largest absolute Gasteiger partial charge is 0.405 e. The van der Waals surface area contributed by atoms with Crippen LogP contribution in [0.3, 0.4) is 0 Å². The van der Waals surface area contributed by atoms with Crippen molar-refractivity contribution in [3.63, 3.8) is 0 Å². The zero-order valence-electron chi connectivity index (χ0n) is 18.3. The monoisotopic (exact) mass is 483 g/mol. The summed E-state index contributed by atoms with van der Waals surface area (Å²) in [6.07, 6.45) is -1.39. The van der Waals surface area contributed by atoms with E-state index in [2.05, 4.69) is 10.1 Å². The van der Waals surface area contributed by atoms with Crippen LogP contribution in [0.5, 0.6) is 0 Å². The molecular formula is C24H20F3N5O3. The molecule has 1 aliphatic carbocycles. The Labute approximate surface area is 196 Å². The van der Waals surface area contributed by atoms with Gasteiger partial charge in [-0.1, -0.05) is 24.3 Å². The van der Waals surface area contributed by atoms with E-state index in [9.17, 15) is 27.6 Å². The number of hydrogen-bond donors (Lipinski definition) is 2. The van der Waals surface area contributed by atoms with E-state index in [1.54, 1.807) is 41.3 Å². The summed E-state index contributed by atoms with van der Waals surface area (Å²) < 4.78 is 38.5. The summed E-state index contributed by atoms with van der Waals surface area (Å²) >= 11 is 0. The first kappa shape index (κ1) is 22.6. The molecule has 0 saturated heterocycles. The van der Waals surface area contributed by atoms with Crippen molar-refractivity contribution >= 4 is 28.4 Å². The summed E-state index contributed by atoms with van der Waals surface area (Å²) in [6.45, 7) is -1.17. The molecule has 0 unspecified atom stereocenters. The van der Waals surface area contributed by atoms with Gasteiger partial charge in [0.05, 0.1) is 17.1 Å². The van der Waals surface area contributed by atoms with Gasteiger partial charge in [0, 0.05) is 18.2 Å². The van der Waals surface area contributed by atoms with Crippen LogP contribution in [-0.4, -0.2) is 50.1 Å². The van der Waals surface area contributed by atoms with E-state index < -0.39 is 18.6 Å². The maximum atomic E-state index is 13.5. The summed E-state index contributed by atoms with van der Waals surface area (Å²) in [4.78, 5) is 42.4. The molecule has 2 aromatic carbocycles. The number of carbonyl (C=O) groups is 2. The second kappa shape index (κ2) is 8.57.